The normalized spacial score (nSPS) is 30.7. The Morgan fingerprint density at radius 3 is 3.31 bits per heavy atom. The maximum absolute atomic E-state index is 11.2. The van der Waals surface area contributed by atoms with Crippen molar-refractivity contribution >= 4 is 5.97 Å². The summed E-state index contributed by atoms with van der Waals surface area (Å²) in [6.07, 6.45) is 2.47. The molecule has 1 fully saturated rings. The van der Waals surface area contributed by atoms with Crippen molar-refractivity contribution in [3.8, 4) is 0 Å². The third-order valence-corrected chi connectivity index (χ3v) is 2.17. The molecule has 2 heterocycles. The van der Waals surface area contributed by atoms with Crippen molar-refractivity contribution in [3.63, 3.8) is 0 Å². The average molecular weight is 184 g/mol. The highest BCUT2D eigenvalue weighted by Gasteiger charge is 2.37. The summed E-state index contributed by atoms with van der Waals surface area (Å²) in [6.45, 7) is 2.85. The third kappa shape index (κ3) is 1.54. The number of carbonyl (C=O) groups excluding carboxylic acids is 1. The van der Waals surface area contributed by atoms with E-state index in [1.807, 2.05) is 0 Å². The predicted octanol–water partition coefficient (Wildman–Crippen LogP) is 0.826. The van der Waals surface area contributed by atoms with E-state index in [9.17, 15) is 4.79 Å². The van der Waals surface area contributed by atoms with Gasteiger partial charge in [-0.15, -0.1) is 0 Å². The van der Waals surface area contributed by atoms with E-state index in [-0.39, 0.29) is 18.2 Å². The number of fused-ring (bicyclic) bond motifs is 1. The Kier molecular flexibility index (Phi) is 2.22. The number of carbonyl (C=O) groups is 1. The number of rotatable bonds is 2. The van der Waals surface area contributed by atoms with E-state index < -0.39 is 0 Å². The van der Waals surface area contributed by atoms with Crippen LogP contribution in [-0.2, 0) is 19.0 Å². The van der Waals surface area contributed by atoms with Gasteiger partial charge in [-0.2, -0.15) is 0 Å². The van der Waals surface area contributed by atoms with E-state index in [2.05, 4.69) is 0 Å². The lowest BCUT2D eigenvalue weighted by Gasteiger charge is -2.09. The lowest BCUT2D eigenvalue weighted by atomic mass is 10.1. The predicted molar refractivity (Wildman–Crippen MR) is 43.6 cm³/mol. The Morgan fingerprint density at radius 2 is 2.62 bits per heavy atom. The van der Waals surface area contributed by atoms with Crippen LogP contribution in [0.4, 0.5) is 0 Å². The Labute approximate surface area is 76.5 Å². The first-order chi connectivity index (χ1) is 6.31. The second kappa shape index (κ2) is 3.38. The molecule has 0 aromatic heterocycles. The van der Waals surface area contributed by atoms with Gasteiger partial charge in [-0.05, 0) is 19.4 Å². The standard InChI is InChI=1S/C9H12O4/c1-2-11-8(10)7-5-6-3-4-12-9(6)13-7/h5-6,9H,2-4H2,1H3/t6-,9+/m1/s1. The zero-order chi connectivity index (χ0) is 9.26. The third-order valence-electron chi connectivity index (χ3n) is 2.17. The summed E-state index contributed by atoms with van der Waals surface area (Å²) in [4.78, 5) is 11.2. The molecule has 0 aliphatic carbocycles. The van der Waals surface area contributed by atoms with Crippen LogP contribution in [-0.4, -0.2) is 25.5 Å². The van der Waals surface area contributed by atoms with Crippen LogP contribution in [0.15, 0.2) is 11.8 Å². The minimum absolute atomic E-state index is 0.236. The number of hydrogen-bond donors (Lipinski definition) is 0. The van der Waals surface area contributed by atoms with Gasteiger partial charge in [0.2, 0.25) is 12.0 Å². The zero-order valence-corrected chi connectivity index (χ0v) is 7.49. The molecule has 0 aromatic carbocycles. The van der Waals surface area contributed by atoms with E-state index in [1.165, 1.54) is 0 Å². The molecule has 0 saturated carbocycles. The summed E-state index contributed by atoms with van der Waals surface area (Å²) < 4.78 is 15.3. The summed E-state index contributed by atoms with van der Waals surface area (Å²) in [7, 11) is 0. The van der Waals surface area contributed by atoms with Crippen LogP contribution in [0, 0.1) is 5.92 Å². The highest BCUT2D eigenvalue weighted by atomic mass is 16.7. The minimum atomic E-state index is -0.388. The van der Waals surface area contributed by atoms with Crippen molar-refractivity contribution in [2.24, 2.45) is 5.92 Å². The largest absolute Gasteiger partial charge is 0.460 e. The van der Waals surface area contributed by atoms with Crippen LogP contribution in [0.2, 0.25) is 0 Å². The van der Waals surface area contributed by atoms with Crippen LogP contribution in [0.3, 0.4) is 0 Å². The van der Waals surface area contributed by atoms with E-state index in [0.29, 0.717) is 19.0 Å². The van der Waals surface area contributed by atoms with E-state index in [0.717, 1.165) is 6.42 Å². The van der Waals surface area contributed by atoms with E-state index in [4.69, 9.17) is 14.2 Å². The Balaban J connectivity index is 1.99. The lowest BCUT2D eigenvalue weighted by molar-refractivity contribution is -0.148. The molecular formula is C9H12O4. The smallest absolute Gasteiger partial charge is 0.373 e. The minimum Gasteiger partial charge on any atom is -0.460 e. The summed E-state index contributed by atoms with van der Waals surface area (Å²) in [5, 5.41) is 0. The van der Waals surface area contributed by atoms with Crippen LogP contribution < -0.4 is 0 Å². The van der Waals surface area contributed by atoms with E-state index >= 15 is 0 Å². The average Bonchev–Trinajstić information content (AvgIpc) is 2.61. The Bertz CT molecular complexity index is 246. The second-order valence-corrected chi connectivity index (χ2v) is 3.06. The second-order valence-electron chi connectivity index (χ2n) is 3.06. The van der Waals surface area contributed by atoms with Crippen molar-refractivity contribution in [2.45, 2.75) is 19.6 Å². The number of hydrogen-bond acceptors (Lipinski definition) is 4. The quantitative estimate of drug-likeness (QED) is 0.596. The van der Waals surface area contributed by atoms with Crippen LogP contribution in [0.1, 0.15) is 13.3 Å². The van der Waals surface area contributed by atoms with Gasteiger partial charge in [0, 0.05) is 5.92 Å². The molecule has 0 radical (unpaired) electrons. The van der Waals surface area contributed by atoms with E-state index in [1.54, 1.807) is 13.0 Å². The van der Waals surface area contributed by atoms with Crippen LogP contribution in [0.5, 0.6) is 0 Å². The molecule has 0 unspecified atom stereocenters. The molecule has 13 heavy (non-hydrogen) atoms. The zero-order valence-electron chi connectivity index (χ0n) is 7.49. The summed E-state index contributed by atoms with van der Waals surface area (Å²) in [6, 6.07) is 0. The van der Waals surface area contributed by atoms with Crippen molar-refractivity contribution in [3.05, 3.63) is 11.8 Å². The molecule has 0 bridgehead atoms. The van der Waals surface area contributed by atoms with Crippen molar-refractivity contribution in [1.29, 1.82) is 0 Å². The van der Waals surface area contributed by atoms with Gasteiger partial charge in [0.1, 0.15) is 0 Å². The lowest BCUT2D eigenvalue weighted by Crippen LogP contribution is -2.14. The summed E-state index contributed by atoms with van der Waals surface area (Å²) >= 11 is 0. The molecule has 4 nitrogen and oxygen atoms in total. The molecule has 72 valence electrons. The molecule has 2 rings (SSSR count). The number of ether oxygens (including phenoxy) is 3. The Hall–Kier alpha value is -1.03. The van der Waals surface area contributed by atoms with Gasteiger partial charge in [0.15, 0.2) is 0 Å². The van der Waals surface area contributed by atoms with Gasteiger partial charge in [-0.1, -0.05) is 0 Å². The molecule has 0 aromatic rings. The van der Waals surface area contributed by atoms with Gasteiger partial charge >= 0.3 is 5.97 Å². The SMILES string of the molecule is CCOC(=O)C1=C[C@H]2CCO[C@H]2O1. The molecule has 1 saturated heterocycles. The van der Waals surface area contributed by atoms with Crippen LogP contribution >= 0.6 is 0 Å². The molecule has 0 N–H and O–H groups in total. The summed E-state index contributed by atoms with van der Waals surface area (Å²) in [5.41, 5.74) is 0. The first-order valence-corrected chi connectivity index (χ1v) is 4.48. The maximum Gasteiger partial charge on any atom is 0.373 e. The highest BCUT2D eigenvalue weighted by Crippen LogP contribution is 2.32. The highest BCUT2D eigenvalue weighted by molar-refractivity contribution is 5.86. The summed E-state index contributed by atoms with van der Waals surface area (Å²) in [5.74, 6) is 0.149. The molecule has 2 atom stereocenters. The van der Waals surface area contributed by atoms with Crippen molar-refractivity contribution in [2.75, 3.05) is 13.2 Å². The molecule has 0 spiro atoms. The molecule has 2 aliphatic rings. The number of esters is 1. The van der Waals surface area contributed by atoms with Gasteiger partial charge in [0.05, 0.1) is 13.2 Å². The first kappa shape index (κ1) is 8.56. The fourth-order valence-electron chi connectivity index (χ4n) is 1.54. The maximum atomic E-state index is 11.2. The monoisotopic (exact) mass is 184 g/mol. The fourth-order valence-corrected chi connectivity index (χ4v) is 1.54. The molecule has 4 heteroatoms. The molecule has 2 aliphatic heterocycles. The van der Waals surface area contributed by atoms with Gasteiger partial charge in [-0.3, -0.25) is 0 Å². The van der Waals surface area contributed by atoms with Gasteiger partial charge in [-0.25, -0.2) is 4.79 Å². The fraction of sp³-hybridized carbons (Fsp3) is 0.667. The first-order valence-electron chi connectivity index (χ1n) is 4.48. The van der Waals surface area contributed by atoms with Gasteiger partial charge in [0.25, 0.3) is 0 Å². The van der Waals surface area contributed by atoms with Gasteiger partial charge < -0.3 is 14.2 Å². The Morgan fingerprint density at radius 1 is 1.77 bits per heavy atom. The van der Waals surface area contributed by atoms with Crippen LogP contribution in [0.25, 0.3) is 0 Å². The molecule has 0 amide bonds. The van der Waals surface area contributed by atoms with Crippen molar-refractivity contribution in [1.82, 2.24) is 0 Å². The molecular weight excluding hydrogens is 172 g/mol. The van der Waals surface area contributed by atoms with Crippen molar-refractivity contribution < 1.29 is 19.0 Å². The topological polar surface area (TPSA) is 44.8 Å².